The lowest BCUT2D eigenvalue weighted by molar-refractivity contribution is -0.281. The zero-order chi connectivity index (χ0) is 12.5. The third kappa shape index (κ3) is 2.69. The number of carbonyl (C=O) groups excluding carboxylic acids is 1. The van der Waals surface area contributed by atoms with Crippen LogP contribution in [0.3, 0.4) is 0 Å². The van der Waals surface area contributed by atoms with E-state index in [-0.39, 0.29) is 0 Å². The van der Waals surface area contributed by atoms with Crippen molar-refractivity contribution in [2.45, 2.75) is 50.7 Å². The lowest BCUT2D eigenvalue weighted by atomic mass is 9.99. The van der Waals surface area contributed by atoms with Crippen molar-refractivity contribution in [2.75, 3.05) is 0 Å². The molecule has 0 aliphatic carbocycles. The van der Waals surface area contributed by atoms with Gasteiger partial charge in [0.2, 0.25) is 0 Å². The highest BCUT2D eigenvalue weighted by Gasteiger charge is 2.47. The number of carbonyl (C=O) groups is 1. The summed E-state index contributed by atoms with van der Waals surface area (Å²) in [6.07, 6.45) is -8.60. The van der Waals surface area contributed by atoms with Crippen molar-refractivity contribution in [3.63, 3.8) is 0 Å². The number of esters is 1. The minimum Gasteiger partial charge on any atom is -0.461 e. The zero-order valence-corrected chi connectivity index (χ0v) is 8.98. The Balaban J connectivity index is 2.70. The maximum absolute atomic E-state index is 11.4. The van der Waals surface area contributed by atoms with E-state index < -0.39 is 42.8 Å². The Morgan fingerprint density at radius 3 is 2.19 bits per heavy atom. The molecule has 0 aromatic carbocycles. The van der Waals surface area contributed by atoms with Gasteiger partial charge in [0, 0.05) is 0 Å². The van der Waals surface area contributed by atoms with E-state index in [1.54, 1.807) is 13.8 Å². The molecule has 0 amide bonds. The van der Waals surface area contributed by atoms with Crippen LogP contribution in [0.25, 0.3) is 0 Å². The molecule has 1 unspecified atom stereocenters. The smallest absolute Gasteiger partial charge is 0.338 e. The van der Waals surface area contributed by atoms with Crippen molar-refractivity contribution in [2.24, 2.45) is 0 Å². The lowest BCUT2D eigenvalue weighted by Crippen LogP contribution is -2.60. The van der Waals surface area contributed by atoms with Gasteiger partial charge in [-0.1, -0.05) is 0 Å². The zero-order valence-electron chi connectivity index (χ0n) is 8.98. The van der Waals surface area contributed by atoms with Gasteiger partial charge < -0.3 is 29.9 Å². The maximum atomic E-state index is 11.4. The summed E-state index contributed by atoms with van der Waals surface area (Å²) in [5.41, 5.74) is 0. The predicted octanol–water partition coefficient (Wildman–Crippen LogP) is -2.26. The van der Waals surface area contributed by atoms with Gasteiger partial charge in [0.15, 0.2) is 12.4 Å². The van der Waals surface area contributed by atoms with Gasteiger partial charge in [-0.05, 0) is 13.8 Å². The molecule has 1 aliphatic heterocycles. The summed E-state index contributed by atoms with van der Waals surface area (Å²) in [6, 6.07) is 0. The number of hydrogen-bond donors (Lipinski definition) is 4. The first kappa shape index (κ1) is 13.3. The first-order valence-electron chi connectivity index (χ1n) is 4.92. The van der Waals surface area contributed by atoms with E-state index in [2.05, 4.69) is 4.74 Å². The molecule has 4 N–H and O–H groups in total. The molecule has 0 aromatic rings. The molecular weight excluding hydrogens is 220 g/mol. The minimum absolute atomic E-state index is 0.413. The Morgan fingerprint density at radius 2 is 1.69 bits per heavy atom. The molecule has 5 atom stereocenters. The van der Waals surface area contributed by atoms with Gasteiger partial charge in [-0.15, -0.1) is 0 Å². The molecule has 1 aliphatic rings. The quantitative estimate of drug-likeness (QED) is 0.400. The summed E-state index contributed by atoms with van der Waals surface area (Å²) >= 11 is 0. The SMILES string of the molecule is CC(C)OC(=O)[C@H]1OC(O)[C@H](O)[C@@H](O)[C@@H]1O. The van der Waals surface area contributed by atoms with Gasteiger partial charge in [0.1, 0.15) is 18.3 Å². The van der Waals surface area contributed by atoms with Crippen molar-refractivity contribution in [1.82, 2.24) is 0 Å². The van der Waals surface area contributed by atoms with E-state index in [1.165, 1.54) is 0 Å². The molecule has 1 rings (SSSR count). The van der Waals surface area contributed by atoms with Gasteiger partial charge in [-0.25, -0.2) is 4.79 Å². The van der Waals surface area contributed by atoms with Crippen molar-refractivity contribution in [3.8, 4) is 0 Å². The second-order valence-electron chi connectivity index (χ2n) is 3.90. The molecule has 0 aromatic heterocycles. The molecular formula is C9H16O7. The molecule has 1 fully saturated rings. The molecule has 0 spiro atoms. The van der Waals surface area contributed by atoms with Crippen LogP contribution < -0.4 is 0 Å². The Hall–Kier alpha value is -0.730. The van der Waals surface area contributed by atoms with Crippen molar-refractivity contribution in [3.05, 3.63) is 0 Å². The molecule has 7 nitrogen and oxygen atoms in total. The fourth-order valence-electron chi connectivity index (χ4n) is 1.36. The van der Waals surface area contributed by atoms with E-state index in [4.69, 9.17) is 14.9 Å². The average molecular weight is 236 g/mol. The van der Waals surface area contributed by atoms with E-state index in [1.807, 2.05) is 0 Å². The molecule has 1 heterocycles. The van der Waals surface area contributed by atoms with Crippen molar-refractivity contribution < 1.29 is 34.7 Å². The molecule has 0 radical (unpaired) electrons. The minimum atomic E-state index is -1.73. The Kier molecular flexibility index (Phi) is 4.22. The monoisotopic (exact) mass is 236 g/mol. The summed E-state index contributed by atoms with van der Waals surface area (Å²) in [4.78, 5) is 11.4. The number of aliphatic hydroxyl groups is 4. The summed E-state index contributed by atoms with van der Waals surface area (Å²) in [5.74, 6) is -0.896. The number of aliphatic hydroxyl groups excluding tert-OH is 4. The van der Waals surface area contributed by atoms with Crippen LogP contribution in [-0.4, -0.2) is 63.2 Å². The topological polar surface area (TPSA) is 116 Å². The van der Waals surface area contributed by atoms with Crippen LogP contribution in [0, 0.1) is 0 Å². The molecule has 1 saturated heterocycles. The van der Waals surface area contributed by atoms with Crippen molar-refractivity contribution in [1.29, 1.82) is 0 Å². The van der Waals surface area contributed by atoms with E-state index in [0.29, 0.717) is 0 Å². The Labute approximate surface area is 92.2 Å². The van der Waals surface area contributed by atoms with Crippen LogP contribution in [0.1, 0.15) is 13.8 Å². The predicted molar refractivity (Wildman–Crippen MR) is 50.1 cm³/mol. The van der Waals surface area contributed by atoms with Crippen LogP contribution in [0.15, 0.2) is 0 Å². The van der Waals surface area contributed by atoms with E-state index in [9.17, 15) is 15.0 Å². The van der Waals surface area contributed by atoms with Crippen LogP contribution in [0.5, 0.6) is 0 Å². The Bertz CT molecular complexity index is 254. The van der Waals surface area contributed by atoms with Gasteiger partial charge in [0.05, 0.1) is 6.10 Å². The second kappa shape index (κ2) is 5.07. The van der Waals surface area contributed by atoms with Crippen LogP contribution >= 0.6 is 0 Å². The summed E-state index contributed by atoms with van der Waals surface area (Å²) in [6.45, 7) is 3.21. The third-order valence-electron chi connectivity index (χ3n) is 2.17. The summed E-state index contributed by atoms with van der Waals surface area (Å²) in [5, 5.41) is 37.1. The summed E-state index contributed by atoms with van der Waals surface area (Å²) < 4.78 is 9.43. The number of rotatable bonds is 2. The number of ether oxygens (including phenoxy) is 2. The third-order valence-corrected chi connectivity index (χ3v) is 2.17. The largest absolute Gasteiger partial charge is 0.461 e. The number of hydrogen-bond acceptors (Lipinski definition) is 7. The first-order chi connectivity index (χ1) is 7.34. The first-order valence-corrected chi connectivity index (χ1v) is 4.92. The van der Waals surface area contributed by atoms with Crippen molar-refractivity contribution >= 4 is 5.97 Å². The van der Waals surface area contributed by atoms with Gasteiger partial charge in [-0.3, -0.25) is 0 Å². The van der Waals surface area contributed by atoms with Gasteiger partial charge in [-0.2, -0.15) is 0 Å². The van der Waals surface area contributed by atoms with Crippen LogP contribution in [0.2, 0.25) is 0 Å². The highest BCUT2D eigenvalue weighted by atomic mass is 16.7. The van der Waals surface area contributed by atoms with Gasteiger partial charge in [0.25, 0.3) is 0 Å². The highest BCUT2D eigenvalue weighted by Crippen LogP contribution is 2.21. The highest BCUT2D eigenvalue weighted by molar-refractivity contribution is 5.76. The van der Waals surface area contributed by atoms with Gasteiger partial charge >= 0.3 is 5.97 Å². The average Bonchev–Trinajstić information content (AvgIpc) is 2.19. The van der Waals surface area contributed by atoms with Crippen LogP contribution in [0.4, 0.5) is 0 Å². The second-order valence-corrected chi connectivity index (χ2v) is 3.90. The molecule has 16 heavy (non-hydrogen) atoms. The molecule has 94 valence electrons. The molecule has 0 saturated carbocycles. The van der Waals surface area contributed by atoms with E-state index in [0.717, 1.165) is 0 Å². The molecule has 7 heteroatoms. The normalized spacial score (nSPS) is 39.8. The van der Waals surface area contributed by atoms with E-state index >= 15 is 0 Å². The maximum Gasteiger partial charge on any atom is 0.338 e. The lowest BCUT2D eigenvalue weighted by Gasteiger charge is -2.37. The van der Waals surface area contributed by atoms with Crippen LogP contribution in [-0.2, 0) is 14.3 Å². The fraction of sp³-hybridized carbons (Fsp3) is 0.889. The molecule has 0 bridgehead atoms. The standard InChI is InChI=1S/C9H16O7/c1-3(2)15-9(14)7-5(11)4(10)6(12)8(13)16-7/h3-8,10-13H,1-2H3/t4-,5-,6+,7-,8?/m0/s1. The summed E-state index contributed by atoms with van der Waals surface area (Å²) in [7, 11) is 0. The fourth-order valence-corrected chi connectivity index (χ4v) is 1.36. The Morgan fingerprint density at radius 1 is 1.12 bits per heavy atom.